The van der Waals surface area contributed by atoms with E-state index in [0.717, 1.165) is 31.0 Å². The van der Waals surface area contributed by atoms with Gasteiger partial charge in [0.1, 0.15) is 0 Å². The number of nitrogens with one attached hydrogen (secondary N) is 2. The quantitative estimate of drug-likeness (QED) is 0.886. The topological polar surface area (TPSA) is 36.4 Å². The summed E-state index contributed by atoms with van der Waals surface area (Å²) in [5, 5.41) is 7.86. The molecule has 1 aromatic carbocycles. The van der Waals surface area contributed by atoms with Gasteiger partial charge in [-0.1, -0.05) is 23.2 Å². The first-order valence-electron chi connectivity index (χ1n) is 5.63. The Morgan fingerprint density at radius 3 is 2.65 bits per heavy atom. The lowest BCUT2D eigenvalue weighted by Crippen LogP contribution is -2.38. The fourth-order valence-electron chi connectivity index (χ4n) is 1.74. The first-order chi connectivity index (χ1) is 8.13. The SMILES string of the molecule is CC1CN=C(NCCc2cc(Cl)cc(Cl)c2)N1. The van der Waals surface area contributed by atoms with Gasteiger partial charge in [-0.2, -0.15) is 0 Å². The summed E-state index contributed by atoms with van der Waals surface area (Å²) in [5.41, 5.74) is 1.13. The van der Waals surface area contributed by atoms with Crippen molar-refractivity contribution in [1.29, 1.82) is 0 Å². The largest absolute Gasteiger partial charge is 0.356 e. The number of nitrogens with zero attached hydrogens (tertiary/aromatic N) is 1. The van der Waals surface area contributed by atoms with Crippen LogP contribution in [0.1, 0.15) is 12.5 Å². The molecular weight excluding hydrogens is 257 g/mol. The average molecular weight is 272 g/mol. The van der Waals surface area contributed by atoms with Gasteiger partial charge in [0.05, 0.1) is 6.54 Å². The molecule has 3 nitrogen and oxygen atoms in total. The molecule has 0 saturated heterocycles. The highest BCUT2D eigenvalue weighted by Gasteiger charge is 2.11. The lowest BCUT2D eigenvalue weighted by molar-refractivity contribution is 0.712. The van der Waals surface area contributed by atoms with Gasteiger partial charge < -0.3 is 10.6 Å². The van der Waals surface area contributed by atoms with E-state index < -0.39 is 0 Å². The number of hydrogen-bond donors (Lipinski definition) is 2. The third kappa shape index (κ3) is 3.79. The summed E-state index contributed by atoms with van der Waals surface area (Å²) >= 11 is 11.9. The molecule has 92 valence electrons. The van der Waals surface area contributed by atoms with E-state index in [2.05, 4.69) is 22.5 Å². The maximum atomic E-state index is 5.93. The molecule has 1 aliphatic rings. The number of halogens is 2. The van der Waals surface area contributed by atoms with E-state index in [1.807, 2.05) is 12.1 Å². The van der Waals surface area contributed by atoms with Crippen molar-refractivity contribution in [2.24, 2.45) is 4.99 Å². The molecule has 1 aliphatic heterocycles. The molecule has 0 amide bonds. The molecule has 1 unspecified atom stereocenters. The molecule has 1 atom stereocenters. The van der Waals surface area contributed by atoms with Gasteiger partial charge in [0.2, 0.25) is 0 Å². The van der Waals surface area contributed by atoms with Crippen molar-refractivity contribution in [1.82, 2.24) is 10.6 Å². The summed E-state index contributed by atoms with van der Waals surface area (Å²) in [6.45, 7) is 3.76. The molecule has 0 spiro atoms. The summed E-state index contributed by atoms with van der Waals surface area (Å²) in [6.07, 6.45) is 0.870. The van der Waals surface area contributed by atoms with Crippen LogP contribution >= 0.6 is 23.2 Å². The Morgan fingerprint density at radius 1 is 1.35 bits per heavy atom. The van der Waals surface area contributed by atoms with E-state index in [1.54, 1.807) is 6.07 Å². The molecule has 0 radical (unpaired) electrons. The predicted octanol–water partition coefficient (Wildman–Crippen LogP) is 2.47. The minimum absolute atomic E-state index is 0.429. The van der Waals surface area contributed by atoms with E-state index in [1.165, 1.54) is 0 Å². The van der Waals surface area contributed by atoms with E-state index in [-0.39, 0.29) is 0 Å². The number of hydrogen-bond acceptors (Lipinski definition) is 3. The van der Waals surface area contributed by atoms with Crippen LogP contribution in [0.3, 0.4) is 0 Å². The summed E-state index contributed by atoms with van der Waals surface area (Å²) in [6, 6.07) is 6.03. The van der Waals surface area contributed by atoms with Crippen molar-refractivity contribution in [3.05, 3.63) is 33.8 Å². The van der Waals surface area contributed by atoms with Gasteiger partial charge in [0.25, 0.3) is 0 Å². The Hall–Kier alpha value is -0.930. The standard InChI is InChI=1S/C12H15Cl2N3/c1-8-7-16-12(17-8)15-3-2-9-4-10(13)6-11(14)5-9/h4-6,8H,2-3,7H2,1H3,(H2,15,16,17). The Morgan fingerprint density at radius 2 is 2.06 bits per heavy atom. The van der Waals surface area contributed by atoms with Crippen LogP contribution < -0.4 is 10.6 Å². The Labute approximate surface area is 111 Å². The first-order valence-corrected chi connectivity index (χ1v) is 6.39. The Balaban J connectivity index is 1.82. The number of rotatable bonds is 3. The zero-order valence-corrected chi connectivity index (χ0v) is 11.1. The summed E-state index contributed by atoms with van der Waals surface area (Å²) in [7, 11) is 0. The number of guanidine groups is 1. The van der Waals surface area contributed by atoms with Crippen molar-refractivity contribution in [3.63, 3.8) is 0 Å². The fourth-order valence-corrected chi connectivity index (χ4v) is 2.31. The average Bonchev–Trinajstić information content (AvgIpc) is 2.63. The second kappa shape index (κ2) is 5.61. The van der Waals surface area contributed by atoms with Gasteiger partial charge in [-0.15, -0.1) is 0 Å². The highest BCUT2D eigenvalue weighted by Crippen LogP contribution is 2.19. The second-order valence-electron chi connectivity index (χ2n) is 4.19. The monoisotopic (exact) mass is 271 g/mol. The maximum Gasteiger partial charge on any atom is 0.191 e. The molecule has 2 rings (SSSR count). The van der Waals surface area contributed by atoms with Crippen molar-refractivity contribution in [3.8, 4) is 0 Å². The molecule has 2 N–H and O–H groups in total. The third-order valence-corrected chi connectivity index (χ3v) is 2.97. The normalized spacial score (nSPS) is 18.8. The zero-order valence-electron chi connectivity index (χ0n) is 9.63. The van der Waals surface area contributed by atoms with Gasteiger partial charge in [-0.05, 0) is 37.1 Å². The summed E-state index contributed by atoms with van der Waals surface area (Å²) in [5.74, 6) is 0.880. The van der Waals surface area contributed by atoms with Crippen LogP contribution in [-0.2, 0) is 6.42 Å². The van der Waals surface area contributed by atoms with Crippen molar-refractivity contribution >= 4 is 29.2 Å². The third-order valence-electron chi connectivity index (χ3n) is 2.53. The van der Waals surface area contributed by atoms with Gasteiger partial charge in [-0.25, -0.2) is 0 Å². The van der Waals surface area contributed by atoms with Crippen molar-refractivity contribution in [2.45, 2.75) is 19.4 Å². The van der Waals surface area contributed by atoms with E-state index in [9.17, 15) is 0 Å². The van der Waals surface area contributed by atoms with Crippen LogP contribution in [-0.4, -0.2) is 25.1 Å². The lowest BCUT2D eigenvalue weighted by atomic mass is 10.1. The maximum absolute atomic E-state index is 5.93. The molecule has 0 bridgehead atoms. The molecule has 0 fully saturated rings. The molecule has 0 aromatic heterocycles. The van der Waals surface area contributed by atoms with Crippen molar-refractivity contribution < 1.29 is 0 Å². The smallest absolute Gasteiger partial charge is 0.191 e. The summed E-state index contributed by atoms with van der Waals surface area (Å²) in [4.78, 5) is 4.33. The van der Waals surface area contributed by atoms with Gasteiger partial charge >= 0.3 is 0 Å². The fraction of sp³-hybridized carbons (Fsp3) is 0.417. The molecule has 1 aromatic rings. The Kier molecular flexibility index (Phi) is 4.13. The molecule has 17 heavy (non-hydrogen) atoms. The highest BCUT2D eigenvalue weighted by atomic mass is 35.5. The number of benzene rings is 1. The molecule has 5 heteroatoms. The van der Waals surface area contributed by atoms with Gasteiger partial charge in [-0.3, -0.25) is 4.99 Å². The summed E-state index contributed by atoms with van der Waals surface area (Å²) < 4.78 is 0. The molecule has 0 saturated carbocycles. The minimum atomic E-state index is 0.429. The molecule has 0 aliphatic carbocycles. The van der Waals surface area contributed by atoms with Crippen LogP contribution in [0.4, 0.5) is 0 Å². The first kappa shape index (κ1) is 12.5. The second-order valence-corrected chi connectivity index (χ2v) is 5.06. The van der Waals surface area contributed by atoms with Gasteiger partial charge in [0, 0.05) is 22.6 Å². The lowest BCUT2D eigenvalue weighted by Gasteiger charge is -2.09. The van der Waals surface area contributed by atoms with Crippen LogP contribution in [0.2, 0.25) is 10.0 Å². The van der Waals surface area contributed by atoms with Gasteiger partial charge in [0.15, 0.2) is 5.96 Å². The van der Waals surface area contributed by atoms with Crippen LogP contribution in [0, 0.1) is 0 Å². The zero-order chi connectivity index (χ0) is 12.3. The van der Waals surface area contributed by atoms with E-state index >= 15 is 0 Å². The highest BCUT2D eigenvalue weighted by molar-refractivity contribution is 6.34. The van der Waals surface area contributed by atoms with Crippen LogP contribution in [0.5, 0.6) is 0 Å². The van der Waals surface area contributed by atoms with Crippen molar-refractivity contribution in [2.75, 3.05) is 13.1 Å². The molecular formula is C12H15Cl2N3. The number of aliphatic imine (C=N–C) groups is 1. The predicted molar refractivity (Wildman–Crippen MR) is 73.1 cm³/mol. The Bertz CT molecular complexity index is 412. The van der Waals surface area contributed by atoms with E-state index in [4.69, 9.17) is 23.2 Å². The molecule has 1 heterocycles. The van der Waals surface area contributed by atoms with Crippen LogP contribution in [0.15, 0.2) is 23.2 Å². The van der Waals surface area contributed by atoms with Crippen LogP contribution in [0.25, 0.3) is 0 Å². The minimum Gasteiger partial charge on any atom is -0.356 e. The van der Waals surface area contributed by atoms with E-state index in [0.29, 0.717) is 16.1 Å².